The molecule has 1 saturated carbocycles. The minimum atomic E-state index is -4.46. The number of piperidine rings is 1. The van der Waals surface area contributed by atoms with Gasteiger partial charge in [0, 0.05) is 13.6 Å². The SMILES string of the molecule is CNc1nc(COC(=N)N2CCCCC2C(F)(F)F)nc2c1C(C)(C)C(=O)N2c1ccc(OC2CCCCC2)cc1. The maximum absolute atomic E-state index is 13.7. The molecule has 1 atom stereocenters. The standard InChI is InChI=1S/C29H37F3N6O3/c1-28(2)23-24(34-3)35-22(17-40-27(33)37-16-8-7-11-21(37)29(30,31)32)36-25(23)38(26(28)39)18-12-14-20(15-13-18)41-19-9-5-4-6-10-19/h12-15,19,21,33H,4-11,16-17H2,1-3H3,(H,34,35,36). The molecule has 3 aliphatic rings. The molecule has 1 aromatic heterocycles. The summed E-state index contributed by atoms with van der Waals surface area (Å²) in [6.45, 7) is 3.38. The van der Waals surface area contributed by atoms with Gasteiger partial charge < -0.3 is 19.7 Å². The fourth-order valence-corrected chi connectivity index (χ4v) is 5.98. The van der Waals surface area contributed by atoms with E-state index in [1.165, 1.54) is 11.3 Å². The van der Waals surface area contributed by atoms with Gasteiger partial charge in [-0.15, -0.1) is 0 Å². The molecule has 1 amide bonds. The summed E-state index contributed by atoms with van der Waals surface area (Å²) in [5, 5.41) is 11.3. The van der Waals surface area contributed by atoms with E-state index in [1.54, 1.807) is 20.9 Å². The second kappa shape index (κ2) is 11.4. The Morgan fingerprint density at radius 1 is 1.07 bits per heavy atom. The first-order valence-corrected chi connectivity index (χ1v) is 14.3. The Morgan fingerprint density at radius 2 is 1.76 bits per heavy atom. The molecule has 9 nitrogen and oxygen atoms in total. The Balaban J connectivity index is 1.39. The summed E-state index contributed by atoms with van der Waals surface area (Å²) in [6, 6.07) is 5.02. The number of aromatic nitrogens is 2. The number of nitrogens with one attached hydrogen (secondary N) is 2. The van der Waals surface area contributed by atoms with Crippen LogP contribution in [0.2, 0.25) is 0 Å². The van der Waals surface area contributed by atoms with Crippen LogP contribution in [-0.4, -0.2) is 58.7 Å². The molecular formula is C29H37F3N6O3. The number of fused-ring (bicyclic) bond motifs is 1. The number of amidine groups is 1. The van der Waals surface area contributed by atoms with Gasteiger partial charge in [-0.2, -0.15) is 13.2 Å². The third-order valence-electron chi connectivity index (χ3n) is 8.18. The van der Waals surface area contributed by atoms with Crippen molar-refractivity contribution in [3.63, 3.8) is 0 Å². The van der Waals surface area contributed by atoms with Crippen molar-refractivity contribution in [3.8, 4) is 5.75 Å². The molecule has 222 valence electrons. The van der Waals surface area contributed by atoms with Crippen molar-refractivity contribution in [1.29, 1.82) is 5.41 Å². The summed E-state index contributed by atoms with van der Waals surface area (Å²) < 4.78 is 52.3. The molecule has 0 radical (unpaired) electrons. The highest BCUT2D eigenvalue weighted by Crippen LogP contribution is 2.47. The van der Waals surface area contributed by atoms with Crippen molar-refractivity contribution in [2.24, 2.45) is 0 Å². The van der Waals surface area contributed by atoms with Gasteiger partial charge in [-0.1, -0.05) is 6.42 Å². The molecule has 2 aliphatic heterocycles. The smallest absolute Gasteiger partial charge is 0.408 e. The lowest BCUT2D eigenvalue weighted by molar-refractivity contribution is -0.182. The third kappa shape index (κ3) is 5.78. The van der Waals surface area contributed by atoms with E-state index in [-0.39, 0.29) is 37.4 Å². The van der Waals surface area contributed by atoms with E-state index in [4.69, 9.17) is 14.9 Å². The molecule has 1 aromatic carbocycles. The van der Waals surface area contributed by atoms with Gasteiger partial charge in [0.05, 0.1) is 22.8 Å². The van der Waals surface area contributed by atoms with E-state index in [2.05, 4.69) is 15.3 Å². The number of carbonyl (C=O) groups excluding carboxylic acids is 1. The summed E-state index contributed by atoms with van der Waals surface area (Å²) in [5.41, 5.74) is 0.282. The van der Waals surface area contributed by atoms with Crippen LogP contribution in [0.4, 0.5) is 30.5 Å². The summed E-state index contributed by atoms with van der Waals surface area (Å²) in [4.78, 5) is 25.3. The van der Waals surface area contributed by atoms with Crippen LogP contribution >= 0.6 is 0 Å². The van der Waals surface area contributed by atoms with Crippen LogP contribution in [0.15, 0.2) is 24.3 Å². The number of rotatable bonds is 6. The van der Waals surface area contributed by atoms with Crippen LogP contribution in [-0.2, 0) is 21.6 Å². The normalized spacial score (nSPS) is 21.0. The lowest BCUT2D eigenvalue weighted by atomic mass is 9.87. The monoisotopic (exact) mass is 574 g/mol. The van der Waals surface area contributed by atoms with E-state index in [0.29, 0.717) is 35.7 Å². The summed E-state index contributed by atoms with van der Waals surface area (Å²) in [5.74, 6) is 1.49. The van der Waals surface area contributed by atoms with Crippen molar-refractivity contribution in [2.75, 3.05) is 23.8 Å². The van der Waals surface area contributed by atoms with E-state index in [9.17, 15) is 18.0 Å². The molecule has 2 aromatic rings. The quantitative estimate of drug-likeness (QED) is 0.320. The average Bonchev–Trinajstić information content (AvgIpc) is 3.16. The van der Waals surface area contributed by atoms with Crippen molar-refractivity contribution < 1.29 is 27.4 Å². The van der Waals surface area contributed by atoms with Crippen molar-refractivity contribution in [2.45, 2.75) is 95.6 Å². The maximum atomic E-state index is 13.7. The molecule has 5 rings (SSSR count). The third-order valence-corrected chi connectivity index (χ3v) is 8.18. The Labute approximate surface area is 237 Å². The lowest BCUT2D eigenvalue weighted by Gasteiger charge is -2.37. The Hall–Kier alpha value is -3.57. The van der Waals surface area contributed by atoms with Gasteiger partial charge in [0.2, 0.25) is 5.91 Å². The van der Waals surface area contributed by atoms with Crippen LogP contribution in [0, 0.1) is 5.41 Å². The van der Waals surface area contributed by atoms with Gasteiger partial charge in [-0.25, -0.2) is 9.97 Å². The van der Waals surface area contributed by atoms with Crippen LogP contribution in [0.1, 0.15) is 76.6 Å². The average molecular weight is 575 g/mol. The Kier molecular flexibility index (Phi) is 8.02. The van der Waals surface area contributed by atoms with Gasteiger partial charge in [-0.3, -0.25) is 15.1 Å². The topological polar surface area (TPSA) is 104 Å². The first kappa shape index (κ1) is 28.9. The highest BCUT2D eigenvalue weighted by molar-refractivity contribution is 6.12. The summed E-state index contributed by atoms with van der Waals surface area (Å²) in [6.07, 6.45) is 2.30. The number of halogens is 3. The molecule has 1 unspecified atom stereocenters. The molecule has 0 spiro atoms. The number of hydrogen-bond donors (Lipinski definition) is 2. The second-order valence-electron chi connectivity index (χ2n) is 11.4. The predicted octanol–water partition coefficient (Wildman–Crippen LogP) is 6.05. The van der Waals surface area contributed by atoms with Crippen LogP contribution in [0.25, 0.3) is 0 Å². The van der Waals surface area contributed by atoms with E-state index < -0.39 is 23.7 Å². The van der Waals surface area contributed by atoms with Crippen LogP contribution in [0.5, 0.6) is 5.75 Å². The number of carbonyl (C=O) groups is 1. The highest BCUT2D eigenvalue weighted by Gasteiger charge is 2.49. The van der Waals surface area contributed by atoms with Crippen molar-refractivity contribution in [3.05, 3.63) is 35.7 Å². The number of alkyl halides is 3. The molecule has 12 heteroatoms. The largest absolute Gasteiger partial charge is 0.490 e. The number of hydrogen-bond acceptors (Lipinski definition) is 7. The second-order valence-corrected chi connectivity index (χ2v) is 11.4. The first-order chi connectivity index (χ1) is 19.5. The molecule has 1 aliphatic carbocycles. The lowest BCUT2D eigenvalue weighted by Crippen LogP contribution is -2.51. The predicted molar refractivity (Wildman–Crippen MR) is 149 cm³/mol. The zero-order valence-electron chi connectivity index (χ0n) is 23.7. The number of likely N-dealkylation sites (tertiary alicyclic amines) is 1. The Bertz CT molecular complexity index is 1280. The zero-order valence-corrected chi connectivity index (χ0v) is 23.7. The van der Waals surface area contributed by atoms with Crippen LogP contribution in [0.3, 0.4) is 0 Å². The van der Waals surface area contributed by atoms with Gasteiger partial charge >= 0.3 is 6.18 Å². The van der Waals surface area contributed by atoms with Gasteiger partial charge in [0.25, 0.3) is 6.02 Å². The number of nitrogens with zero attached hydrogens (tertiary/aromatic N) is 4. The number of amides is 1. The van der Waals surface area contributed by atoms with E-state index >= 15 is 0 Å². The van der Waals surface area contributed by atoms with Crippen molar-refractivity contribution in [1.82, 2.24) is 14.9 Å². The highest BCUT2D eigenvalue weighted by atomic mass is 19.4. The van der Waals surface area contributed by atoms with Gasteiger partial charge in [-0.05, 0) is 83.1 Å². The van der Waals surface area contributed by atoms with Gasteiger partial charge in [0.15, 0.2) is 12.4 Å². The van der Waals surface area contributed by atoms with E-state index in [0.717, 1.165) is 36.3 Å². The van der Waals surface area contributed by atoms with Gasteiger partial charge in [0.1, 0.15) is 23.4 Å². The minimum Gasteiger partial charge on any atom is -0.490 e. The van der Waals surface area contributed by atoms with Crippen LogP contribution < -0.4 is 15.0 Å². The molecule has 2 fully saturated rings. The molecule has 3 heterocycles. The fraction of sp³-hybridized carbons (Fsp3) is 0.586. The van der Waals surface area contributed by atoms with E-state index in [1.807, 2.05) is 24.3 Å². The summed E-state index contributed by atoms with van der Waals surface area (Å²) in [7, 11) is 1.68. The fourth-order valence-electron chi connectivity index (χ4n) is 5.98. The minimum absolute atomic E-state index is 0.0782. The zero-order chi connectivity index (χ0) is 29.4. The summed E-state index contributed by atoms with van der Waals surface area (Å²) >= 11 is 0. The maximum Gasteiger partial charge on any atom is 0.408 e. The molecule has 41 heavy (non-hydrogen) atoms. The Morgan fingerprint density at radius 3 is 2.41 bits per heavy atom. The molecular weight excluding hydrogens is 537 g/mol. The molecule has 1 saturated heterocycles. The number of benzene rings is 1. The molecule has 0 bridgehead atoms. The molecule has 2 N–H and O–H groups in total. The first-order valence-electron chi connectivity index (χ1n) is 14.3. The number of ether oxygens (including phenoxy) is 2. The van der Waals surface area contributed by atoms with Crippen molar-refractivity contribution >= 4 is 29.3 Å². The number of anilines is 3.